The number of halogens is 2. The van der Waals surface area contributed by atoms with Gasteiger partial charge < -0.3 is 5.11 Å². The van der Waals surface area contributed by atoms with Crippen molar-refractivity contribution in [3.8, 4) is 11.1 Å². The molecule has 1 N–H and O–H groups in total. The van der Waals surface area contributed by atoms with Gasteiger partial charge in [-0.3, -0.25) is 0 Å². The van der Waals surface area contributed by atoms with Crippen LogP contribution in [0.25, 0.3) is 11.1 Å². The standard InChI is InChI=1S/C13H10Cl2O/c14-11-3-1-2-9(6-11)13-5-4-12(15)7-10(13)8-16/h1-7,16H,8H2. The van der Waals surface area contributed by atoms with Gasteiger partial charge in [-0.2, -0.15) is 0 Å². The average Bonchev–Trinajstić information content (AvgIpc) is 2.28. The molecule has 3 heteroatoms. The van der Waals surface area contributed by atoms with E-state index in [1.54, 1.807) is 12.1 Å². The normalized spacial score (nSPS) is 10.4. The monoisotopic (exact) mass is 252 g/mol. The van der Waals surface area contributed by atoms with Gasteiger partial charge in [0.15, 0.2) is 0 Å². The number of benzene rings is 2. The zero-order chi connectivity index (χ0) is 11.5. The Labute approximate surface area is 104 Å². The number of aliphatic hydroxyl groups excluding tert-OH is 1. The molecule has 82 valence electrons. The van der Waals surface area contributed by atoms with Crippen molar-refractivity contribution in [2.75, 3.05) is 0 Å². The lowest BCUT2D eigenvalue weighted by Crippen LogP contribution is -1.89. The van der Waals surface area contributed by atoms with Gasteiger partial charge in [-0.1, -0.05) is 41.4 Å². The zero-order valence-electron chi connectivity index (χ0n) is 8.45. The van der Waals surface area contributed by atoms with Crippen LogP contribution in [0.5, 0.6) is 0 Å². The first-order chi connectivity index (χ1) is 7.70. The predicted octanol–water partition coefficient (Wildman–Crippen LogP) is 4.15. The molecule has 2 rings (SSSR count). The molecule has 0 aromatic heterocycles. The molecule has 0 aliphatic rings. The summed E-state index contributed by atoms with van der Waals surface area (Å²) in [4.78, 5) is 0. The highest BCUT2D eigenvalue weighted by Gasteiger charge is 2.05. The molecule has 0 aliphatic heterocycles. The highest BCUT2D eigenvalue weighted by Crippen LogP contribution is 2.28. The van der Waals surface area contributed by atoms with Crippen LogP contribution >= 0.6 is 23.2 Å². The number of hydrogen-bond acceptors (Lipinski definition) is 1. The fourth-order valence-electron chi connectivity index (χ4n) is 1.63. The van der Waals surface area contributed by atoms with E-state index < -0.39 is 0 Å². The van der Waals surface area contributed by atoms with Crippen molar-refractivity contribution in [2.45, 2.75) is 6.61 Å². The number of rotatable bonds is 2. The van der Waals surface area contributed by atoms with Crippen molar-refractivity contribution in [3.63, 3.8) is 0 Å². The molecule has 0 unspecified atom stereocenters. The molecule has 0 radical (unpaired) electrons. The first kappa shape index (κ1) is 11.5. The first-order valence-electron chi connectivity index (χ1n) is 4.86. The Kier molecular flexibility index (Phi) is 3.49. The zero-order valence-corrected chi connectivity index (χ0v) is 9.96. The SMILES string of the molecule is OCc1cc(Cl)ccc1-c1cccc(Cl)c1. The van der Waals surface area contributed by atoms with Crippen LogP contribution in [0.2, 0.25) is 10.0 Å². The second-order valence-corrected chi connectivity index (χ2v) is 4.34. The van der Waals surface area contributed by atoms with Gasteiger partial charge in [-0.05, 0) is 41.0 Å². The van der Waals surface area contributed by atoms with Crippen molar-refractivity contribution in [1.82, 2.24) is 0 Å². The fourth-order valence-corrected chi connectivity index (χ4v) is 2.02. The highest BCUT2D eigenvalue weighted by molar-refractivity contribution is 6.31. The summed E-state index contributed by atoms with van der Waals surface area (Å²) in [6, 6.07) is 13.0. The molecule has 2 aromatic rings. The summed E-state index contributed by atoms with van der Waals surface area (Å²) < 4.78 is 0. The summed E-state index contributed by atoms with van der Waals surface area (Å²) in [7, 11) is 0. The van der Waals surface area contributed by atoms with Crippen LogP contribution in [0.3, 0.4) is 0 Å². The molecule has 16 heavy (non-hydrogen) atoms. The van der Waals surface area contributed by atoms with Crippen LogP contribution in [-0.2, 0) is 6.61 Å². The Morgan fingerprint density at radius 3 is 2.38 bits per heavy atom. The summed E-state index contributed by atoms with van der Waals surface area (Å²) in [5.74, 6) is 0. The van der Waals surface area contributed by atoms with E-state index in [2.05, 4.69) is 0 Å². The van der Waals surface area contributed by atoms with E-state index in [-0.39, 0.29) is 6.61 Å². The molecule has 0 fully saturated rings. The number of hydrogen-bond donors (Lipinski definition) is 1. The van der Waals surface area contributed by atoms with Gasteiger partial charge in [-0.15, -0.1) is 0 Å². The third-order valence-corrected chi connectivity index (χ3v) is 2.84. The van der Waals surface area contributed by atoms with E-state index in [1.165, 1.54) is 0 Å². The quantitative estimate of drug-likeness (QED) is 0.852. The van der Waals surface area contributed by atoms with Crippen molar-refractivity contribution in [3.05, 3.63) is 58.1 Å². The molecule has 0 saturated heterocycles. The summed E-state index contributed by atoms with van der Waals surface area (Å²) >= 11 is 11.8. The van der Waals surface area contributed by atoms with Gasteiger partial charge in [-0.25, -0.2) is 0 Å². The third kappa shape index (κ3) is 2.38. The van der Waals surface area contributed by atoms with E-state index in [0.29, 0.717) is 10.0 Å². The minimum absolute atomic E-state index is 0.0393. The Hall–Kier alpha value is -1.02. The molecule has 2 aromatic carbocycles. The fraction of sp³-hybridized carbons (Fsp3) is 0.0769. The second-order valence-electron chi connectivity index (χ2n) is 3.47. The maximum atomic E-state index is 9.28. The smallest absolute Gasteiger partial charge is 0.0688 e. The average molecular weight is 253 g/mol. The second kappa shape index (κ2) is 4.88. The Morgan fingerprint density at radius 1 is 0.938 bits per heavy atom. The maximum Gasteiger partial charge on any atom is 0.0688 e. The van der Waals surface area contributed by atoms with Gasteiger partial charge in [0.25, 0.3) is 0 Å². The Morgan fingerprint density at radius 2 is 1.69 bits per heavy atom. The Bertz CT molecular complexity index is 509. The summed E-state index contributed by atoms with van der Waals surface area (Å²) in [5.41, 5.74) is 2.73. The minimum atomic E-state index is -0.0393. The maximum absolute atomic E-state index is 9.28. The topological polar surface area (TPSA) is 20.2 Å². The van der Waals surface area contributed by atoms with Crippen LogP contribution in [0.4, 0.5) is 0 Å². The molecule has 0 saturated carbocycles. The van der Waals surface area contributed by atoms with Gasteiger partial charge in [0.1, 0.15) is 0 Å². The molecular formula is C13H10Cl2O. The Balaban J connectivity index is 2.55. The van der Waals surface area contributed by atoms with Crippen LogP contribution in [-0.4, -0.2) is 5.11 Å². The van der Waals surface area contributed by atoms with Crippen LogP contribution < -0.4 is 0 Å². The van der Waals surface area contributed by atoms with Gasteiger partial charge in [0, 0.05) is 10.0 Å². The summed E-state index contributed by atoms with van der Waals surface area (Å²) in [6.07, 6.45) is 0. The van der Waals surface area contributed by atoms with Crippen molar-refractivity contribution >= 4 is 23.2 Å². The van der Waals surface area contributed by atoms with Crippen molar-refractivity contribution < 1.29 is 5.11 Å². The third-order valence-electron chi connectivity index (χ3n) is 2.37. The number of aliphatic hydroxyl groups is 1. The van der Waals surface area contributed by atoms with Gasteiger partial charge in [0.2, 0.25) is 0 Å². The van der Waals surface area contributed by atoms with E-state index in [9.17, 15) is 5.11 Å². The summed E-state index contributed by atoms with van der Waals surface area (Å²) in [6.45, 7) is -0.0393. The molecule has 0 amide bonds. The van der Waals surface area contributed by atoms with E-state index in [0.717, 1.165) is 16.7 Å². The molecule has 0 aliphatic carbocycles. The molecule has 0 heterocycles. The van der Waals surface area contributed by atoms with Crippen LogP contribution in [0, 0.1) is 0 Å². The molecule has 0 atom stereocenters. The lowest BCUT2D eigenvalue weighted by atomic mass is 10.0. The van der Waals surface area contributed by atoms with Crippen LogP contribution in [0.1, 0.15) is 5.56 Å². The van der Waals surface area contributed by atoms with E-state index in [4.69, 9.17) is 23.2 Å². The molecule has 1 nitrogen and oxygen atoms in total. The molecule has 0 spiro atoms. The first-order valence-corrected chi connectivity index (χ1v) is 5.61. The van der Waals surface area contributed by atoms with Gasteiger partial charge in [0.05, 0.1) is 6.61 Å². The largest absolute Gasteiger partial charge is 0.392 e. The lowest BCUT2D eigenvalue weighted by Gasteiger charge is -2.08. The minimum Gasteiger partial charge on any atom is -0.392 e. The summed E-state index contributed by atoms with van der Waals surface area (Å²) in [5, 5.41) is 10.6. The van der Waals surface area contributed by atoms with Crippen LogP contribution in [0.15, 0.2) is 42.5 Å². The van der Waals surface area contributed by atoms with Crippen molar-refractivity contribution in [2.24, 2.45) is 0 Å². The highest BCUT2D eigenvalue weighted by atomic mass is 35.5. The van der Waals surface area contributed by atoms with E-state index in [1.807, 2.05) is 30.3 Å². The molecular weight excluding hydrogens is 243 g/mol. The molecule has 0 bridgehead atoms. The van der Waals surface area contributed by atoms with Gasteiger partial charge >= 0.3 is 0 Å². The lowest BCUT2D eigenvalue weighted by molar-refractivity contribution is 0.282. The predicted molar refractivity (Wildman–Crippen MR) is 67.8 cm³/mol. The van der Waals surface area contributed by atoms with E-state index >= 15 is 0 Å². The van der Waals surface area contributed by atoms with Crippen molar-refractivity contribution in [1.29, 1.82) is 0 Å².